The quantitative estimate of drug-likeness (QED) is 0.921. The van der Waals surface area contributed by atoms with Crippen molar-refractivity contribution in [1.82, 2.24) is 4.90 Å². The summed E-state index contributed by atoms with van der Waals surface area (Å²) in [5.74, 6) is 0. The van der Waals surface area contributed by atoms with Crippen molar-refractivity contribution in [2.45, 2.75) is 45.8 Å². The first-order valence-electron chi connectivity index (χ1n) is 7.21. The lowest BCUT2D eigenvalue weighted by atomic mass is 10.1. The zero-order valence-corrected chi connectivity index (χ0v) is 12.8. The van der Waals surface area contributed by atoms with Gasteiger partial charge in [0.2, 0.25) is 0 Å². The molecular weight excluding hydrogens is 252 g/mol. The number of hydrogen-bond donors (Lipinski definition) is 1. The number of para-hydroxylation sites is 1. The molecule has 2 rings (SSSR count). The van der Waals surface area contributed by atoms with Crippen molar-refractivity contribution in [3.8, 4) is 0 Å². The van der Waals surface area contributed by atoms with E-state index in [2.05, 4.69) is 30.4 Å². The average Bonchev–Trinajstić information content (AvgIpc) is 2.31. The molecule has 0 unspecified atom stereocenters. The lowest BCUT2D eigenvalue weighted by Crippen LogP contribution is -2.58. The molecule has 1 heterocycles. The van der Waals surface area contributed by atoms with Crippen molar-refractivity contribution in [3.05, 3.63) is 29.8 Å². The summed E-state index contributed by atoms with van der Waals surface area (Å²) in [5.41, 5.74) is 2.05. The van der Waals surface area contributed by atoms with Gasteiger partial charge in [-0.2, -0.15) is 0 Å². The summed E-state index contributed by atoms with van der Waals surface area (Å²) < 4.78 is 5.34. The number of carbonyl (C=O) groups excluding carboxylic acids is 1. The van der Waals surface area contributed by atoms with Gasteiger partial charge in [0.1, 0.15) is 5.60 Å². The van der Waals surface area contributed by atoms with Crippen LogP contribution in [0.1, 0.15) is 33.3 Å². The Bertz CT molecular complexity index is 474. The van der Waals surface area contributed by atoms with E-state index in [1.807, 2.05) is 26.8 Å². The van der Waals surface area contributed by atoms with Crippen LogP contribution >= 0.6 is 0 Å². The Morgan fingerprint density at radius 2 is 2.00 bits per heavy atom. The summed E-state index contributed by atoms with van der Waals surface area (Å²) in [6, 6.07) is 8.63. The average molecular weight is 276 g/mol. The Morgan fingerprint density at radius 3 is 2.60 bits per heavy atom. The predicted octanol–water partition coefficient (Wildman–Crippen LogP) is 3.28. The van der Waals surface area contributed by atoms with E-state index < -0.39 is 5.60 Å². The number of aryl methyl sites for hydroxylation is 1. The number of amides is 1. The highest BCUT2D eigenvalue weighted by Crippen LogP contribution is 2.21. The van der Waals surface area contributed by atoms with Crippen LogP contribution < -0.4 is 5.32 Å². The van der Waals surface area contributed by atoms with Gasteiger partial charge in [0, 0.05) is 18.8 Å². The maximum atomic E-state index is 11.8. The van der Waals surface area contributed by atoms with Crippen LogP contribution in [0.5, 0.6) is 0 Å². The molecule has 0 aromatic heterocycles. The molecule has 1 aromatic rings. The smallest absolute Gasteiger partial charge is 0.410 e. The van der Waals surface area contributed by atoms with Crippen molar-refractivity contribution in [2.24, 2.45) is 0 Å². The maximum absolute atomic E-state index is 11.8. The van der Waals surface area contributed by atoms with Crippen molar-refractivity contribution in [1.29, 1.82) is 0 Å². The fourth-order valence-corrected chi connectivity index (χ4v) is 2.23. The first-order chi connectivity index (χ1) is 9.39. The van der Waals surface area contributed by atoms with E-state index in [0.29, 0.717) is 19.1 Å². The van der Waals surface area contributed by atoms with E-state index >= 15 is 0 Å². The van der Waals surface area contributed by atoms with E-state index in [1.54, 1.807) is 4.90 Å². The molecule has 1 fully saturated rings. The Kier molecular flexibility index (Phi) is 4.21. The van der Waals surface area contributed by atoms with Crippen molar-refractivity contribution in [2.75, 3.05) is 18.4 Å². The normalized spacial score (nSPS) is 15.7. The molecule has 0 aliphatic carbocycles. The third kappa shape index (κ3) is 3.65. The number of benzene rings is 1. The van der Waals surface area contributed by atoms with Gasteiger partial charge in [-0.3, -0.25) is 0 Å². The third-order valence-electron chi connectivity index (χ3n) is 3.29. The number of rotatable bonds is 3. The molecule has 20 heavy (non-hydrogen) atoms. The van der Waals surface area contributed by atoms with Crippen LogP contribution in [-0.2, 0) is 11.2 Å². The fourth-order valence-electron chi connectivity index (χ4n) is 2.23. The largest absolute Gasteiger partial charge is 0.444 e. The van der Waals surface area contributed by atoms with E-state index in [4.69, 9.17) is 4.74 Å². The van der Waals surface area contributed by atoms with Gasteiger partial charge in [0.25, 0.3) is 0 Å². The lowest BCUT2D eigenvalue weighted by molar-refractivity contribution is 0.0105. The Morgan fingerprint density at radius 1 is 1.35 bits per heavy atom. The predicted molar refractivity (Wildman–Crippen MR) is 81.0 cm³/mol. The molecule has 0 radical (unpaired) electrons. The number of likely N-dealkylation sites (tertiary alicyclic amines) is 1. The van der Waals surface area contributed by atoms with Crippen LogP contribution in [0.3, 0.4) is 0 Å². The first-order valence-corrected chi connectivity index (χ1v) is 7.21. The zero-order chi connectivity index (χ0) is 14.8. The Labute approximate surface area is 121 Å². The van der Waals surface area contributed by atoms with Gasteiger partial charge in [0.05, 0.1) is 6.04 Å². The van der Waals surface area contributed by atoms with Crippen LogP contribution in [0.2, 0.25) is 0 Å². The molecule has 4 nitrogen and oxygen atoms in total. The molecule has 0 saturated carbocycles. The number of nitrogens with zero attached hydrogens (tertiary/aromatic N) is 1. The number of anilines is 1. The highest BCUT2D eigenvalue weighted by molar-refractivity contribution is 5.70. The van der Waals surface area contributed by atoms with Crippen molar-refractivity contribution in [3.63, 3.8) is 0 Å². The molecule has 110 valence electrons. The minimum Gasteiger partial charge on any atom is -0.444 e. The molecule has 1 aliphatic heterocycles. The molecule has 1 aliphatic rings. The van der Waals surface area contributed by atoms with E-state index in [1.165, 1.54) is 11.3 Å². The van der Waals surface area contributed by atoms with Crippen LogP contribution in [0.15, 0.2) is 24.3 Å². The minimum absolute atomic E-state index is 0.223. The van der Waals surface area contributed by atoms with Gasteiger partial charge in [-0.1, -0.05) is 25.1 Å². The third-order valence-corrected chi connectivity index (χ3v) is 3.29. The summed E-state index contributed by atoms with van der Waals surface area (Å²) in [6.07, 6.45) is 0.783. The van der Waals surface area contributed by atoms with E-state index in [9.17, 15) is 4.79 Å². The number of nitrogens with one attached hydrogen (secondary N) is 1. The molecule has 4 heteroatoms. The number of hydrogen-bond acceptors (Lipinski definition) is 3. The molecule has 0 atom stereocenters. The van der Waals surface area contributed by atoms with Gasteiger partial charge in [-0.05, 0) is 38.8 Å². The molecule has 1 aromatic carbocycles. The van der Waals surface area contributed by atoms with Crippen LogP contribution in [0, 0.1) is 0 Å². The summed E-state index contributed by atoms with van der Waals surface area (Å²) in [4.78, 5) is 13.6. The Balaban J connectivity index is 1.84. The van der Waals surface area contributed by atoms with Crippen LogP contribution in [-0.4, -0.2) is 35.7 Å². The van der Waals surface area contributed by atoms with Gasteiger partial charge in [-0.25, -0.2) is 4.79 Å². The summed E-state index contributed by atoms with van der Waals surface area (Å²) >= 11 is 0. The summed E-state index contributed by atoms with van der Waals surface area (Å²) in [6.45, 7) is 9.21. The molecule has 1 amide bonds. The monoisotopic (exact) mass is 276 g/mol. The maximum Gasteiger partial charge on any atom is 0.410 e. The Hall–Kier alpha value is -1.71. The lowest BCUT2D eigenvalue weighted by Gasteiger charge is -2.40. The topological polar surface area (TPSA) is 41.6 Å². The number of ether oxygens (including phenoxy) is 1. The van der Waals surface area contributed by atoms with Gasteiger partial charge in [-0.15, -0.1) is 0 Å². The van der Waals surface area contributed by atoms with E-state index in [-0.39, 0.29) is 6.09 Å². The fraction of sp³-hybridized carbons (Fsp3) is 0.562. The van der Waals surface area contributed by atoms with E-state index in [0.717, 1.165) is 6.42 Å². The van der Waals surface area contributed by atoms with Crippen LogP contribution in [0.25, 0.3) is 0 Å². The molecule has 0 bridgehead atoms. The number of carbonyl (C=O) groups is 1. The standard InChI is InChI=1S/C16H24N2O2/c1-5-12-8-6-7-9-14(12)17-13-10-18(11-13)15(19)20-16(2,3)4/h6-9,13,17H,5,10-11H2,1-4H3. The van der Waals surface area contributed by atoms with Gasteiger partial charge < -0.3 is 15.0 Å². The second kappa shape index (κ2) is 5.73. The second-order valence-electron chi connectivity index (χ2n) is 6.24. The summed E-state index contributed by atoms with van der Waals surface area (Å²) in [7, 11) is 0. The second-order valence-corrected chi connectivity index (χ2v) is 6.24. The van der Waals surface area contributed by atoms with Crippen molar-refractivity contribution >= 4 is 11.8 Å². The highest BCUT2D eigenvalue weighted by atomic mass is 16.6. The van der Waals surface area contributed by atoms with Gasteiger partial charge in [0.15, 0.2) is 0 Å². The minimum atomic E-state index is -0.426. The first kappa shape index (κ1) is 14.7. The molecule has 0 spiro atoms. The van der Waals surface area contributed by atoms with Crippen LogP contribution in [0.4, 0.5) is 10.5 Å². The molecule has 1 N–H and O–H groups in total. The molecule has 1 saturated heterocycles. The SMILES string of the molecule is CCc1ccccc1NC1CN(C(=O)OC(C)(C)C)C1. The van der Waals surface area contributed by atoms with Crippen molar-refractivity contribution < 1.29 is 9.53 Å². The zero-order valence-electron chi connectivity index (χ0n) is 12.8. The summed E-state index contributed by atoms with van der Waals surface area (Å²) in [5, 5.41) is 3.50. The molecular formula is C16H24N2O2. The van der Waals surface area contributed by atoms with Gasteiger partial charge >= 0.3 is 6.09 Å². The highest BCUT2D eigenvalue weighted by Gasteiger charge is 2.33.